The first kappa shape index (κ1) is 13.8. The molecule has 0 saturated heterocycles. The molecule has 0 atom stereocenters. The summed E-state index contributed by atoms with van der Waals surface area (Å²) in [4.78, 5) is 0. The molecular weight excluding hydrogens is 212 g/mol. The SMILES string of the molecule is COc1ccc(NCCC(C)(C)N)c(C)c1C. The topological polar surface area (TPSA) is 47.3 Å². The fraction of sp³-hybridized carbons (Fsp3) is 0.571. The van der Waals surface area contributed by atoms with Crippen LogP contribution in [-0.4, -0.2) is 19.2 Å². The third-order valence-corrected chi connectivity index (χ3v) is 3.04. The Morgan fingerprint density at radius 3 is 2.41 bits per heavy atom. The summed E-state index contributed by atoms with van der Waals surface area (Å²) in [5.74, 6) is 0.937. The summed E-state index contributed by atoms with van der Waals surface area (Å²) in [6.45, 7) is 9.15. The number of ether oxygens (including phenoxy) is 1. The van der Waals surface area contributed by atoms with Gasteiger partial charge in [0.2, 0.25) is 0 Å². The third kappa shape index (κ3) is 3.93. The van der Waals surface area contributed by atoms with Crippen molar-refractivity contribution in [1.82, 2.24) is 0 Å². The Balaban J connectivity index is 2.70. The van der Waals surface area contributed by atoms with Crippen molar-refractivity contribution < 1.29 is 4.74 Å². The minimum absolute atomic E-state index is 0.123. The monoisotopic (exact) mass is 236 g/mol. The van der Waals surface area contributed by atoms with Crippen LogP contribution in [0.1, 0.15) is 31.4 Å². The minimum Gasteiger partial charge on any atom is -0.496 e. The van der Waals surface area contributed by atoms with E-state index in [1.807, 2.05) is 19.9 Å². The van der Waals surface area contributed by atoms with Crippen molar-refractivity contribution in [3.05, 3.63) is 23.3 Å². The first-order chi connectivity index (χ1) is 7.85. The molecule has 0 unspecified atom stereocenters. The van der Waals surface area contributed by atoms with Crippen molar-refractivity contribution in [2.75, 3.05) is 19.0 Å². The first-order valence-electron chi connectivity index (χ1n) is 6.02. The fourth-order valence-electron chi connectivity index (χ4n) is 1.73. The van der Waals surface area contributed by atoms with Gasteiger partial charge in [0, 0.05) is 17.8 Å². The van der Waals surface area contributed by atoms with Gasteiger partial charge in [0.1, 0.15) is 5.75 Å². The highest BCUT2D eigenvalue weighted by atomic mass is 16.5. The second-order valence-corrected chi connectivity index (χ2v) is 5.23. The van der Waals surface area contributed by atoms with Crippen LogP contribution in [0.2, 0.25) is 0 Å². The first-order valence-corrected chi connectivity index (χ1v) is 6.02. The largest absolute Gasteiger partial charge is 0.496 e. The van der Waals surface area contributed by atoms with E-state index < -0.39 is 0 Å². The van der Waals surface area contributed by atoms with E-state index in [4.69, 9.17) is 10.5 Å². The van der Waals surface area contributed by atoms with E-state index in [9.17, 15) is 0 Å². The van der Waals surface area contributed by atoms with Crippen molar-refractivity contribution >= 4 is 5.69 Å². The average Bonchev–Trinajstić information content (AvgIpc) is 2.23. The Bertz CT molecular complexity index is 381. The van der Waals surface area contributed by atoms with Gasteiger partial charge in [0.25, 0.3) is 0 Å². The van der Waals surface area contributed by atoms with Gasteiger partial charge in [-0.05, 0) is 57.4 Å². The maximum absolute atomic E-state index is 5.95. The molecular formula is C14H24N2O. The molecule has 0 aliphatic heterocycles. The number of methoxy groups -OCH3 is 1. The Hall–Kier alpha value is -1.22. The van der Waals surface area contributed by atoms with Gasteiger partial charge in [-0.25, -0.2) is 0 Å². The Morgan fingerprint density at radius 1 is 1.24 bits per heavy atom. The molecule has 0 aliphatic carbocycles. The number of nitrogens with one attached hydrogen (secondary N) is 1. The molecule has 0 bridgehead atoms. The highest BCUT2D eigenvalue weighted by Gasteiger charge is 2.11. The number of rotatable bonds is 5. The average molecular weight is 236 g/mol. The minimum atomic E-state index is -0.123. The molecule has 0 heterocycles. The predicted octanol–water partition coefficient (Wildman–Crippen LogP) is 2.85. The van der Waals surface area contributed by atoms with Crippen molar-refractivity contribution in [3.63, 3.8) is 0 Å². The molecule has 3 nitrogen and oxygen atoms in total. The lowest BCUT2D eigenvalue weighted by atomic mass is 10.0. The lowest BCUT2D eigenvalue weighted by Gasteiger charge is -2.20. The Labute approximate surface area is 104 Å². The molecule has 0 aliphatic rings. The number of hydrogen-bond donors (Lipinski definition) is 2. The quantitative estimate of drug-likeness (QED) is 0.826. The fourth-order valence-corrected chi connectivity index (χ4v) is 1.73. The second-order valence-electron chi connectivity index (χ2n) is 5.23. The maximum atomic E-state index is 5.95. The summed E-state index contributed by atoms with van der Waals surface area (Å²) in [7, 11) is 1.70. The highest BCUT2D eigenvalue weighted by molar-refractivity contribution is 5.58. The van der Waals surface area contributed by atoms with E-state index in [0.717, 1.165) is 24.4 Å². The number of anilines is 1. The summed E-state index contributed by atoms with van der Waals surface area (Å²) in [5.41, 5.74) is 9.41. The molecule has 0 spiro atoms. The van der Waals surface area contributed by atoms with Gasteiger partial charge in [-0.2, -0.15) is 0 Å². The highest BCUT2D eigenvalue weighted by Crippen LogP contribution is 2.27. The third-order valence-electron chi connectivity index (χ3n) is 3.04. The molecule has 96 valence electrons. The summed E-state index contributed by atoms with van der Waals surface area (Å²) in [6, 6.07) is 4.06. The van der Waals surface area contributed by atoms with E-state index in [1.165, 1.54) is 11.1 Å². The summed E-state index contributed by atoms with van der Waals surface area (Å²) >= 11 is 0. The molecule has 1 aromatic carbocycles. The van der Waals surface area contributed by atoms with Gasteiger partial charge in [-0.1, -0.05) is 0 Å². The van der Waals surface area contributed by atoms with Crippen LogP contribution < -0.4 is 15.8 Å². The van der Waals surface area contributed by atoms with Crippen LogP contribution in [0, 0.1) is 13.8 Å². The van der Waals surface area contributed by atoms with Crippen LogP contribution in [0.4, 0.5) is 5.69 Å². The van der Waals surface area contributed by atoms with Crippen molar-refractivity contribution in [2.45, 2.75) is 39.7 Å². The maximum Gasteiger partial charge on any atom is 0.122 e. The molecule has 0 saturated carbocycles. The van der Waals surface area contributed by atoms with Crippen LogP contribution in [0.5, 0.6) is 5.75 Å². The lowest BCUT2D eigenvalue weighted by molar-refractivity contribution is 0.411. The lowest BCUT2D eigenvalue weighted by Crippen LogP contribution is -2.34. The van der Waals surface area contributed by atoms with Crippen molar-refractivity contribution in [1.29, 1.82) is 0 Å². The van der Waals surface area contributed by atoms with Crippen LogP contribution in [0.15, 0.2) is 12.1 Å². The Kier molecular flexibility index (Phi) is 4.40. The number of nitrogens with two attached hydrogens (primary N) is 1. The van der Waals surface area contributed by atoms with Gasteiger partial charge < -0.3 is 15.8 Å². The standard InChI is InChI=1S/C14H24N2O/c1-10-11(2)13(17-5)7-6-12(10)16-9-8-14(3,4)15/h6-7,16H,8-9,15H2,1-5H3. The molecule has 3 N–H and O–H groups in total. The van der Waals surface area contributed by atoms with Gasteiger partial charge in [0.15, 0.2) is 0 Å². The van der Waals surface area contributed by atoms with E-state index in [2.05, 4.69) is 25.2 Å². The van der Waals surface area contributed by atoms with Crippen molar-refractivity contribution in [2.24, 2.45) is 5.73 Å². The smallest absolute Gasteiger partial charge is 0.122 e. The van der Waals surface area contributed by atoms with E-state index in [1.54, 1.807) is 7.11 Å². The van der Waals surface area contributed by atoms with Crippen molar-refractivity contribution in [3.8, 4) is 5.75 Å². The predicted molar refractivity (Wildman–Crippen MR) is 73.8 cm³/mol. The molecule has 1 aromatic rings. The molecule has 0 radical (unpaired) electrons. The van der Waals surface area contributed by atoms with Crippen LogP contribution in [-0.2, 0) is 0 Å². The van der Waals surface area contributed by atoms with Gasteiger partial charge in [-0.15, -0.1) is 0 Å². The molecule has 0 fully saturated rings. The van der Waals surface area contributed by atoms with Crippen LogP contribution in [0.3, 0.4) is 0 Å². The van der Waals surface area contributed by atoms with Gasteiger partial charge in [0.05, 0.1) is 7.11 Å². The second kappa shape index (κ2) is 5.41. The zero-order valence-corrected chi connectivity index (χ0v) is 11.6. The van der Waals surface area contributed by atoms with E-state index in [0.29, 0.717) is 0 Å². The normalized spacial score (nSPS) is 11.4. The van der Waals surface area contributed by atoms with E-state index in [-0.39, 0.29) is 5.54 Å². The Morgan fingerprint density at radius 2 is 1.88 bits per heavy atom. The zero-order chi connectivity index (χ0) is 13.1. The molecule has 17 heavy (non-hydrogen) atoms. The van der Waals surface area contributed by atoms with Crippen LogP contribution >= 0.6 is 0 Å². The molecule has 3 heteroatoms. The summed E-state index contributed by atoms with van der Waals surface area (Å²) < 4.78 is 5.29. The molecule has 1 rings (SSSR count). The van der Waals surface area contributed by atoms with Crippen LogP contribution in [0.25, 0.3) is 0 Å². The molecule has 0 amide bonds. The zero-order valence-electron chi connectivity index (χ0n) is 11.6. The van der Waals surface area contributed by atoms with Gasteiger partial charge in [-0.3, -0.25) is 0 Å². The summed E-state index contributed by atoms with van der Waals surface area (Å²) in [5, 5.41) is 3.43. The van der Waals surface area contributed by atoms with Gasteiger partial charge >= 0.3 is 0 Å². The summed E-state index contributed by atoms with van der Waals surface area (Å²) in [6.07, 6.45) is 0.942. The van der Waals surface area contributed by atoms with E-state index >= 15 is 0 Å². The molecule has 0 aromatic heterocycles. The number of hydrogen-bond acceptors (Lipinski definition) is 3. The number of benzene rings is 1.